The number of urea groups is 1. The largest absolute Gasteiger partial charge is 0.370 e. The number of nitrogens with zero attached hydrogens (tertiary/aromatic N) is 1. The SMILES string of the molecule is CC1CCN(C(=O)NCCC(N)=O)CC1. The summed E-state index contributed by atoms with van der Waals surface area (Å²) >= 11 is 0. The quantitative estimate of drug-likeness (QED) is 0.707. The van der Waals surface area contributed by atoms with Crippen LogP contribution in [0.3, 0.4) is 0 Å². The first kappa shape index (κ1) is 11.8. The number of piperidine rings is 1. The summed E-state index contributed by atoms with van der Waals surface area (Å²) in [7, 11) is 0. The van der Waals surface area contributed by atoms with E-state index in [0.29, 0.717) is 12.5 Å². The molecule has 15 heavy (non-hydrogen) atoms. The Labute approximate surface area is 90.0 Å². The van der Waals surface area contributed by atoms with Crippen molar-refractivity contribution in [2.24, 2.45) is 11.7 Å². The molecule has 0 aromatic heterocycles. The highest BCUT2D eigenvalue weighted by Gasteiger charge is 2.19. The van der Waals surface area contributed by atoms with E-state index < -0.39 is 0 Å². The average molecular weight is 213 g/mol. The fraction of sp³-hybridized carbons (Fsp3) is 0.800. The Kier molecular flexibility index (Phi) is 4.39. The first-order chi connectivity index (χ1) is 7.09. The van der Waals surface area contributed by atoms with E-state index in [1.54, 1.807) is 4.90 Å². The Morgan fingerprint density at radius 1 is 1.40 bits per heavy atom. The fourth-order valence-corrected chi connectivity index (χ4v) is 1.62. The van der Waals surface area contributed by atoms with Crippen LogP contribution in [0.5, 0.6) is 0 Å². The van der Waals surface area contributed by atoms with E-state index in [0.717, 1.165) is 25.9 Å². The number of hydrogen-bond donors (Lipinski definition) is 2. The van der Waals surface area contributed by atoms with Crippen LogP contribution in [0.25, 0.3) is 0 Å². The number of rotatable bonds is 3. The number of carbonyl (C=O) groups excluding carboxylic acids is 2. The van der Waals surface area contributed by atoms with Crippen molar-refractivity contribution in [3.8, 4) is 0 Å². The van der Waals surface area contributed by atoms with Crippen molar-refractivity contribution < 1.29 is 9.59 Å². The Balaban J connectivity index is 2.19. The zero-order valence-electron chi connectivity index (χ0n) is 9.16. The Morgan fingerprint density at radius 2 is 2.00 bits per heavy atom. The number of primary amides is 1. The van der Waals surface area contributed by atoms with Crippen molar-refractivity contribution >= 4 is 11.9 Å². The number of likely N-dealkylation sites (tertiary alicyclic amines) is 1. The van der Waals surface area contributed by atoms with E-state index in [-0.39, 0.29) is 18.4 Å². The van der Waals surface area contributed by atoms with E-state index in [1.165, 1.54) is 0 Å². The second-order valence-electron chi connectivity index (χ2n) is 4.12. The summed E-state index contributed by atoms with van der Waals surface area (Å²) in [6.07, 6.45) is 2.32. The second kappa shape index (κ2) is 5.58. The van der Waals surface area contributed by atoms with Crippen molar-refractivity contribution in [3.05, 3.63) is 0 Å². The molecule has 1 aliphatic rings. The lowest BCUT2D eigenvalue weighted by Gasteiger charge is -2.30. The molecule has 1 aliphatic heterocycles. The smallest absolute Gasteiger partial charge is 0.317 e. The second-order valence-corrected chi connectivity index (χ2v) is 4.12. The average Bonchev–Trinajstić information content (AvgIpc) is 2.18. The topological polar surface area (TPSA) is 75.4 Å². The van der Waals surface area contributed by atoms with Crippen LogP contribution >= 0.6 is 0 Å². The number of nitrogens with two attached hydrogens (primary N) is 1. The predicted octanol–water partition coefficient (Wildman–Crippen LogP) is 0.303. The summed E-state index contributed by atoms with van der Waals surface area (Å²) in [6, 6.07) is -0.0804. The van der Waals surface area contributed by atoms with Crippen LogP contribution in [0.1, 0.15) is 26.2 Å². The maximum Gasteiger partial charge on any atom is 0.317 e. The van der Waals surface area contributed by atoms with E-state index in [9.17, 15) is 9.59 Å². The van der Waals surface area contributed by atoms with Gasteiger partial charge >= 0.3 is 6.03 Å². The summed E-state index contributed by atoms with van der Waals surface area (Å²) in [4.78, 5) is 23.8. The van der Waals surface area contributed by atoms with Gasteiger partial charge < -0.3 is 16.0 Å². The fourth-order valence-electron chi connectivity index (χ4n) is 1.62. The summed E-state index contributed by atoms with van der Waals surface area (Å²) in [5, 5.41) is 2.68. The van der Waals surface area contributed by atoms with Gasteiger partial charge in [-0.15, -0.1) is 0 Å². The van der Waals surface area contributed by atoms with Gasteiger partial charge in [-0.2, -0.15) is 0 Å². The van der Waals surface area contributed by atoms with Crippen LogP contribution in [0.2, 0.25) is 0 Å². The van der Waals surface area contributed by atoms with E-state index in [4.69, 9.17) is 5.73 Å². The molecule has 1 rings (SSSR count). The molecule has 0 radical (unpaired) electrons. The van der Waals surface area contributed by atoms with Gasteiger partial charge in [0.05, 0.1) is 0 Å². The highest BCUT2D eigenvalue weighted by Crippen LogP contribution is 2.15. The van der Waals surface area contributed by atoms with Gasteiger partial charge in [0, 0.05) is 26.1 Å². The molecule has 1 fully saturated rings. The van der Waals surface area contributed by atoms with Gasteiger partial charge in [0.1, 0.15) is 0 Å². The van der Waals surface area contributed by atoms with Gasteiger partial charge in [-0.1, -0.05) is 6.92 Å². The molecule has 0 unspecified atom stereocenters. The van der Waals surface area contributed by atoms with E-state index in [2.05, 4.69) is 12.2 Å². The summed E-state index contributed by atoms with van der Waals surface area (Å²) in [5.41, 5.74) is 4.97. The molecule has 0 saturated carbocycles. The minimum Gasteiger partial charge on any atom is -0.370 e. The normalized spacial score (nSPS) is 17.5. The summed E-state index contributed by atoms with van der Waals surface area (Å²) < 4.78 is 0. The third-order valence-corrected chi connectivity index (χ3v) is 2.72. The number of nitrogens with one attached hydrogen (secondary N) is 1. The highest BCUT2D eigenvalue weighted by atomic mass is 16.2. The van der Waals surface area contributed by atoms with Crippen LogP contribution in [0, 0.1) is 5.92 Å². The summed E-state index contributed by atoms with van der Waals surface area (Å²) in [5.74, 6) is 0.322. The summed E-state index contributed by atoms with van der Waals surface area (Å²) in [6.45, 7) is 4.15. The monoisotopic (exact) mass is 213 g/mol. The molecule has 86 valence electrons. The molecule has 5 heteroatoms. The lowest BCUT2D eigenvalue weighted by atomic mass is 10.00. The molecule has 0 atom stereocenters. The first-order valence-corrected chi connectivity index (χ1v) is 5.40. The zero-order valence-corrected chi connectivity index (χ0v) is 9.16. The van der Waals surface area contributed by atoms with Gasteiger partial charge in [-0.05, 0) is 18.8 Å². The molecule has 0 bridgehead atoms. The molecule has 0 aromatic rings. The van der Waals surface area contributed by atoms with Gasteiger partial charge in [-0.25, -0.2) is 4.79 Å². The molecule has 0 aliphatic carbocycles. The molecule has 3 N–H and O–H groups in total. The molecule has 5 nitrogen and oxygen atoms in total. The minimum absolute atomic E-state index is 0.0804. The Bertz CT molecular complexity index is 235. The van der Waals surface area contributed by atoms with E-state index >= 15 is 0 Å². The molecule has 1 heterocycles. The number of amides is 3. The maximum absolute atomic E-state index is 11.5. The standard InChI is InChI=1S/C10H19N3O2/c1-8-3-6-13(7-4-8)10(15)12-5-2-9(11)14/h8H,2-7H2,1H3,(H2,11,14)(H,12,15). The lowest BCUT2D eigenvalue weighted by Crippen LogP contribution is -2.44. The third kappa shape index (κ3) is 4.18. The van der Waals surface area contributed by atoms with Gasteiger partial charge in [-0.3, -0.25) is 4.79 Å². The first-order valence-electron chi connectivity index (χ1n) is 5.40. The Hall–Kier alpha value is -1.26. The van der Waals surface area contributed by atoms with Gasteiger partial charge in [0.2, 0.25) is 5.91 Å². The van der Waals surface area contributed by atoms with Crippen LogP contribution in [-0.2, 0) is 4.79 Å². The van der Waals surface area contributed by atoms with E-state index in [1.807, 2.05) is 0 Å². The predicted molar refractivity (Wildman–Crippen MR) is 57.2 cm³/mol. The maximum atomic E-state index is 11.5. The molecule has 0 spiro atoms. The minimum atomic E-state index is -0.387. The van der Waals surface area contributed by atoms with Crippen molar-refractivity contribution in [2.75, 3.05) is 19.6 Å². The molecule has 1 saturated heterocycles. The van der Waals surface area contributed by atoms with Crippen molar-refractivity contribution in [3.63, 3.8) is 0 Å². The highest BCUT2D eigenvalue weighted by molar-refractivity contribution is 5.77. The van der Waals surface area contributed by atoms with Gasteiger partial charge in [0.25, 0.3) is 0 Å². The molecular weight excluding hydrogens is 194 g/mol. The lowest BCUT2D eigenvalue weighted by molar-refractivity contribution is -0.117. The number of carbonyl (C=O) groups is 2. The number of hydrogen-bond acceptors (Lipinski definition) is 2. The van der Waals surface area contributed by atoms with Crippen LogP contribution in [0.15, 0.2) is 0 Å². The zero-order chi connectivity index (χ0) is 11.3. The third-order valence-electron chi connectivity index (χ3n) is 2.72. The molecule has 0 aromatic carbocycles. The van der Waals surface area contributed by atoms with Crippen LogP contribution in [0.4, 0.5) is 4.79 Å². The van der Waals surface area contributed by atoms with Crippen LogP contribution < -0.4 is 11.1 Å². The van der Waals surface area contributed by atoms with Crippen molar-refractivity contribution in [1.82, 2.24) is 10.2 Å². The van der Waals surface area contributed by atoms with Crippen molar-refractivity contribution in [2.45, 2.75) is 26.2 Å². The molecular formula is C10H19N3O2. The van der Waals surface area contributed by atoms with Crippen LogP contribution in [-0.4, -0.2) is 36.5 Å². The van der Waals surface area contributed by atoms with Gasteiger partial charge in [0.15, 0.2) is 0 Å². The molecule has 3 amide bonds. The Morgan fingerprint density at radius 3 is 2.53 bits per heavy atom. The van der Waals surface area contributed by atoms with Crippen molar-refractivity contribution in [1.29, 1.82) is 0 Å².